The molecular formula is C8H16FNO2S. The Morgan fingerprint density at radius 1 is 1.31 bits per heavy atom. The van der Waals surface area contributed by atoms with Gasteiger partial charge in [-0.1, -0.05) is 0 Å². The number of piperidine rings is 1. The third kappa shape index (κ3) is 5.21. The zero-order valence-corrected chi connectivity index (χ0v) is 8.45. The van der Waals surface area contributed by atoms with E-state index in [0.29, 0.717) is 12.3 Å². The zero-order valence-electron chi connectivity index (χ0n) is 7.63. The van der Waals surface area contributed by atoms with Crippen molar-refractivity contribution in [3.63, 3.8) is 0 Å². The molecule has 0 aliphatic carbocycles. The SMILES string of the molecule is O=S(=O)(F)CCCC1CCNCC1. The van der Waals surface area contributed by atoms with Crippen LogP contribution < -0.4 is 5.32 Å². The van der Waals surface area contributed by atoms with Crippen molar-refractivity contribution < 1.29 is 12.3 Å². The van der Waals surface area contributed by atoms with Crippen LogP contribution in [0.25, 0.3) is 0 Å². The number of nitrogens with one attached hydrogen (secondary N) is 1. The average Bonchev–Trinajstić information content (AvgIpc) is 2.04. The second-order valence-electron chi connectivity index (χ2n) is 3.58. The van der Waals surface area contributed by atoms with E-state index in [4.69, 9.17) is 0 Å². The summed E-state index contributed by atoms with van der Waals surface area (Å²) < 4.78 is 32.5. The number of rotatable bonds is 4. The maximum Gasteiger partial charge on any atom is 0.302 e. The molecule has 1 heterocycles. The lowest BCUT2D eigenvalue weighted by molar-refractivity contribution is 0.351. The minimum absolute atomic E-state index is 0.309. The lowest BCUT2D eigenvalue weighted by Crippen LogP contribution is -2.27. The Morgan fingerprint density at radius 2 is 1.92 bits per heavy atom. The fraction of sp³-hybridized carbons (Fsp3) is 1.00. The predicted octanol–water partition coefficient (Wildman–Crippen LogP) is 1.07. The highest BCUT2D eigenvalue weighted by atomic mass is 32.3. The first-order chi connectivity index (χ1) is 6.08. The van der Waals surface area contributed by atoms with Gasteiger partial charge in [0, 0.05) is 0 Å². The molecule has 78 valence electrons. The molecule has 1 N–H and O–H groups in total. The van der Waals surface area contributed by atoms with Crippen LogP contribution in [0.5, 0.6) is 0 Å². The smallest absolute Gasteiger partial charge is 0.302 e. The third-order valence-electron chi connectivity index (χ3n) is 2.46. The van der Waals surface area contributed by atoms with Gasteiger partial charge in [0.1, 0.15) is 0 Å². The summed E-state index contributed by atoms with van der Waals surface area (Å²) in [6.07, 6.45) is 3.48. The van der Waals surface area contributed by atoms with Crippen molar-refractivity contribution in [3.8, 4) is 0 Å². The van der Waals surface area contributed by atoms with E-state index in [-0.39, 0.29) is 5.75 Å². The van der Waals surface area contributed by atoms with Gasteiger partial charge < -0.3 is 5.32 Å². The molecule has 0 bridgehead atoms. The highest BCUT2D eigenvalue weighted by Crippen LogP contribution is 2.18. The first-order valence-corrected chi connectivity index (χ1v) is 6.26. The molecule has 13 heavy (non-hydrogen) atoms. The van der Waals surface area contributed by atoms with Gasteiger partial charge >= 0.3 is 10.2 Å². The summed E-state index contributed by atoms with van der Waals surface area (Å²) in [7, 11) is -4.24. The first kappa shape index (κ1) is 10.9. The molecule has 1 rings (SSSR count). The van der Waals surface area contributed by atoms with Crippen LogP contribution in [0.3, 0.4) is 0 Å². The van der Waals surface area contributed by atoms with Crippen LogP contribution in [0.4, 0.5) is 3.89 Å². The Balaban J connectivity index is 2.11. The van der Waals surface area contributed by atoms with Gasteiger partial charge in [0.15, 0.2) is 0 Å². The summed E-state index contributed by atoms with van der Waals surface area (Å²) in [5.74, 6) is 0.278. The first-order valence-electron chi connectivity index (χ1n) is 4.71. The lowest BCUT2D eigenvalue weighted by atomic mass is 9.94. The van der Waals surface area contributed by atoms with Gasteiger partial charge in [-0.3, -0.25) is 0 Å². The summed E-state index contributed by atoms with van der Waals surface area (Å²) in [6.45, 7) is 2.01. The Hall–Kier alpha value is -0.160. The topological polar surface area (TPSA) is 46.2 Å². The van der Waals surface area contributed by atoms with Crippen molar-refractivity contribution in [2.45, 2.75) is 25.7 Å². The maximum atomic E-state index is 12.1. The van der Waals surface area contributed by atoms with E-state index in [1.807, 2.05) is 0 Å². The molecular weight excluding hydrogens is 193 g/mol. The second kappa shape index (κ2) is 4.91. The van der Waals surface area contributed by atoms with E-state index in [1.54, 1.807) is 0 Å². The minimum Gasteiger partial charge on any atom is -0.317 e. The van der Waals surface area contributed by atoms with Crippen LogP contribution >= 0.6 is 0 Å². The van der Waals surface area contributed by atoms with Crippen molar-refractivity contribution in [3.05, 3.63) is 0 Å². The molecule has 0 aromatic rings. The fourth-order valence-electron chi connectivity index (χ4n) is 1.71. The van der Waals surface area contributed by atoms with Crippen LogP contribution in [0, 0.1) is 5.92 Å². The number of hydrogen-bond acceptors (Lipinski definition) is 3. The molecule has 1 aliphatic heterocycles. The Kier molecular flexibility index (Phi) is 4.12. The molecule has 1 aliphatic rings. The molecule has 3 nitrogen and oxygen atoms in total. The molecule has 0 saturated carbocycles. The number of halogens is 1. The van der Waals surface area contributed by atoms with E-state index in [0.717, 1.165) is 32.4 Å². The van der Waals surface area contributed by atoms with Gasteiger partial charge in [0.25, 0.3) is 0 Å². The molecule has 0 unspecified atom stereocenters. The van der Waals surface area contributed by atoms with Crippen molar-refractivity contribution in [2.24, 2.45) is 5.92 Å². The normalized spacial score (nSPS) is 20.4. The standard InChI is InChI=1S/C8H16FNO2S/c9-13(11,12)7-1-2-8-3-5-10-6-4-8/h8,10H,1-7H2. The summed E-state index contributed by atoms with van der Waals surface area (Å²) in [6, 6.07) is 0. The van der Waals surface area contributed by atoms with Gasteiger partial charge in [-0.05, 0) is 44.7 Å². The van der Waals surface area contributed by atoms with Crippen LogP contribution in [0.15, 0.2) is 0 Å². The molecule has 0 amide bonds. The average molecular weight is 209 g/mol. The van der Waals surface area contributed by atoms with Crippen LogP contribution in [0.1, 0.15) is 25.7 Å². The Labute approximate surface area is 78.9 Å². The van der Waals surface area contributed by atoms with Gasteiger partial charge in [-0.2, -0.15) is 8.42 Å². The quantitative estimate of drug-likeness (QED) is 0.704. The van der Waals surface area contributed by atoms with Crippen molar-refractivity contribution in [2.75, 3.05) is 18.8 Å². The van der Waals surface area contributed by atoms with E-state index < -0.39 is 10.2 Å². The van der Waals surface area contributed by atoms with Gasteiger partial charge in [0.2, 0.25) is 0 Å². The molecule has 0 aromatic heterocycles. The van der Waals surface area contributed by atoms with Gasteiger partial charge in [-0.15, -0.1) is 3.89 Å². The highest BCUT2D eigenvalue weighted by Gasteiger charge is 2.14. The highest BCUT2D eigenvalue weighted by molar-refractivity contribution is 7.86. The Morgan fingerprint density at radius 3 is 2.46 bits per heavy atom. The van der Waals surface area contributed by atoms with Gasteiger partial charge in [0.05, 0.1) is 5.75 Å². The van der Waals surface area contributed by atoms with E-state index in [2.05, 4.69) is 5.32 Å². The summed E-state index contributed by atoms with van der Waals surface area (Å²) >= 11 is 0. The van der Waals surface area contributed by atoms with Gasteiger partial charge in [-0.25, -0.2) is 0 Å². The summed E-state index contributed by atoms with van der Waals surface area (Å²) in [5, 5.41) is 3.23. The summed E-state index contributed by atoms with van der Waals surface area (Å²) in [5.41, 5.74) is 0. The van der Waals surface area contributed by atoms with Crippen molar-refractivity contribution in [1.82, 2.24) is 5.32 Å². The number of hydrogen-bond donors (Lipinski definition) is 1. The van der Waals surface area contributed by atoms with Crippen molar-refractivity contribution >= 4 is 10.2 Å². The van der Waals surface area contributed by atoms with E-state index in [9.17, 15) is 12.3 Å². The lowest BCUT2D eigenvalue weighted by Gasteiger charge is -2.21. The molecule has 0 aromatic carbocycles. The monoisotopic (exact) mass is 209 g/mol. The Bertz CT molecular complexity index is 235. The summed E-state index contributed by atoms with van der Waals surface area (Å²) in [4.78, 5) is 0. The molecule has 0 spiro atoms. The molecule has 1 saturated heterocycles. The molecule has 5 heteroatoms. The zero-order chi connectivity index (χ0) is 9.73. The predicted molar refractivity (Wildman–Crippen MR) is 49.7 cm³/mol. The van der Waals surface area contributed by atoms with Crippen molar-refractivity contribution in [1.29, 1.82) is 0 Å². The van der Waals surface area contributed by atoms with E-state index in [1.165, 1.54) is 0 Å². The maximum absolute atomic E-state index is 12.1. The molecule has 0 atom stereocenters. The largest absolute Gasteiger partial charge is 0.317 e. The fourth-order valence-corrected chi connectivity index (χ4v) is 2.23. The van der Waals surface area contributed by atoms with Crippen LogP contribution in [-0.4, -0.2) is 27.3 Å². The van der Waals surface area contributed by atoms with Crippen LogP contribution in [0.2, 0.25) is 0 Å². The van der Waals surface area contributed by atoms with Crippen LogP contribution in [-0.2, 0) is 10.2 Å². The molecule has 0 radical (unpaired) electrons. The minimum atomic E-state index is -4.24. The molecule has 1 fully saturated rings. The third-order valence-corrected chi connectivity index (χ3v) is 3.24. The second-order valence-corrected chi connectivity index (χ2v) is 5.06. The van der Waals surface area contributed by atoms with E-state index >= 15 is 0 Å².